The predicted molar refractivity (Wildman–Crippen MR) is 149 cm³/mol. The first-order chi connectivity index (χ1) is 19.5. The van der Waals surface area contributed by atoms with Crippen LogP contribution >= 0.6 is 0 Å². The summed E-state index contributed by atoms with van der Waals surface area (Å²) in [5.41, 5.74) is 3.31. The number of nitro benzene ring substituents is 1. The number of aromatic amines is 1. The number of anilines is 3. The molecule has 1 aromatic heterocycles. The van der Waals surface area contributed by atoms with Crippen LogP contribution in [0.1, 0.15) is 59.5 Å². The second kappa shape index (κ2) is 12.2. The number of urea groups is 1. The Kier molecular flexibility index (Phi) is 8.05. The Bertz CT molecular complexity index is 1470. The van der Waals surface area contributed by atoms with Gasteiger partial charge in [-0.15, -0.1) is 5.10 Å². The molecule has 12 nitrogen and oxygen atoms in total. The molecule has 0 atom stereocenters. The van der Waals surface area contributed by atoms with E-state index in [4.69, 9.17) is 0 Å². The Morgan fingerprint density at radius 1 is 0.975 bits per heavy atom. The zero-order chi connectivity index (χ0) is 27.9. The molecule has 12 heteroatoms. The SMILES string of the molecule is O=C(Nc1nn[nH]n1)c1ccc(CN(C(=O)Nc2cccc([N+](=O)[O-])c2)c2ccc(C3CCCCC3)cc2)cc1. The summed E-state index contributed by atoms with van der Waals surface area (Å²) in [4.78, 5) is 38.2. The minimum atomic E-state index is -0.506. The summed E-state index contributed by atoms with van der Waals surface area (Å²) in [6.45, 7) is 0.205. The molecule has 0 unspecified atom stereocenters. The molecule has 204 valence electrons. The van der Waals surface area contributed by atoms with Crippen molar-refractivity contribution in [2.24, 2.45) is 0 Å². The smallest absolute Gasteiger partial charge is 0.307 e. The molecule has 0 bridgehead atoms. The number of benzene rings is 3. The zero-order valence-electron chi connectivity index (χ0n) is 21.6. The molecule has 0 spiro atoms. The summed E-state index contributed by atoms with van der Waals surface area (Å²) in [6, 6.07) is 20.2. The lowest BCUT2D eigenvalue weighted by atomic mass is 9.84. The number of nitrogens with zero attached hydrogens (tertiary/aromatic N) is 5. The summed E-state index contributed by atoms with van der Waals surface area (Å²) in [7, 11) is 0. The van der Waals surface area contributed by atoms with Gasteiger partial charge < -0.3 is 5.32 Å². The molecule has 5 rings (SSSR count). The number of hydrogen-bond donors (Lipinski definition) is 3. The predicted octanol–water partition coefficient (Wildman–Crippen LogP) is 5.65. The lowest BCUT2D eigenvalue weighted by molar-refractivity contribution is -0.384. The quantitative estimate of drug-likeness (QED) is 0.192. The van der Waals surface area contributed by atoms with Gasteiger partial charge in [-0.25, -0.2) is 4.79 Å². The summed E-state index contributed by atoms with van der Waals surface area (Å²) in [6.07, 6.45) is 6.07. The first-order valence-corrected chi connectivity index (χ1v) is 13.0. The van der Waals surface area contributed by atoms with E-state index in [1.807, 2.05) is 12.1 Å². The van der Waals surface area contributed by atoms with Gasteiger partial charge in [0.05, 0.1) is 11.5 Å². The maximum Gasteiger partial charge on any atom is 0.326 e. The van der Waals surface area contributed by atoms with Gasteiger partial charge in [0, 0.05) is 29.1 Å². The summed E-state index contributed by atoms with van der Waals surface area (Å²) in [5.74, 6) is 0.197. The number of rotatable bonds is 8. The highest BCUT2D eigenvalue weighted by molar-refractivity contribution is 6.03. The third-order valence-corrected chi connectivity index (χ3v) is 6.96. The van der Waals surface area contributed by atoms with Crippen LogP contribution in [0.2, 0.25) is 0 Å². The van der Waals surface area contributed by atoms with Crippen molar-refractivity contribution in [3.8, 4) is 0 Å². The first kappa shape index (κ1) is 26.5. The van der Waals surface area contributed by atoms with Crippen LogP contribution in [0, 0.1) is 10.1 Å². The molecule has 40 heavy (non-hydrogen) atoms. The van der Waals surface area contributed by atoms with Crippen molar-refractivity contribution in [2.75, 3.05) is 15.5 Å². The molecule has 1 fully saturated rings. The van der Waals surface area contributed by atoms with Crippen molar-refractivity contribution in [1.29, 1.82) is 0 Å². The zero-order valence-corrected chi connectivity index (χ0v) is 21.6. The Hall–Kier alpha value is -5.13. The molecule has 0 saturated heterocycles. The third kappa shape index (κ3) is 6.46. The van der Waals surface area contributed by atoms with E-state index in [2.05, 4.69) is 43.4 Å². The van der Waals surface area contributed by atoms with E-state index >= 15 is 0 Å². The van der Waals surface area contributed by atoms with E-state index in [1.165, 1.54) is 55.9 Å². The molecule has 0 radical (unpaired) electrons. The standard InChI is InChI=1S/C28H28N8O4/c37-26(30-27-31-33-34-32-27)22-11-9-19(10-12-22)18-35(28(38)29-23-7-4-8-25(17-23)36(39)40)24-15-13-21(14-16-24)20-5-2-1-3-6-20/h4,7-17,20H,1-3,5-6,18H2,(H,29,38)(H2,30,31,32,33,34,37). The highest BCUT2D eigenvalue weighted by Crippen LogP contribution is 2.33. The van der Waals surface area contributed by atoms with E-state index in [0.717, 1.165) is 5.56 Å². The van der Waals surface area contributed by atoms with Crippen LogP contribution in [0.3, 0.4) is 0 Å². The van der Waals surface area contributed by atoms with Crippen molar-refractivity contribution >= 4 is 34.9 Å². The third-order valence-electron chi connectivity index (χ3n) is 6.96. The van der Waals surface area contributed by atoms with Crippen LogP contribution in [0.15, 0.2) is 72.8 Å². The largest absolute Gasteiger partial charge is 0.326 e. The van der Waals surface area contributed by atoms with Crippen LogP contribution in [0.4, 0.5) is 27.8 Å². The van der Waals surface area contributed by atoms with Crippen LogP contribution in [0.25, 0.3) is 0 Å². The molecule has 1 aliphatic rings. The number of carbonyl (C=O) groups excluding carboxylic acids is 2. The maximum atomic E-state index is 13.5. The van der Waals surface area contributed by atoms with E-state index < -0.39 is 16.9 Å². The second-order valence-electron chi connectivity index (χ2n) is 9.64. The van der Waals surface area contributed by atoms with Crippen molar-refractivity contribution in [3.05, 3.63) is 99.6 Å². The Balaban J connectivity index is 1.36. The van der Waals surface area contributed by atoms with Gasteiger partial charge in [0.15, 0.2) is 0 Å². The van der Waals surface area contributed by atoms with Gasteiger partial charge in [0.1, 0.15) is 0 Å². The van der Waals surface area contributed by atoms with Crippen molar-refractivity contribution < 1.29 is 14.5 Å². The normalized spacial score (nSPS) is 13.4. The molecular formula is C28H28N8O4. The minimum absolute atomic E-state index is 0.0646. The molecule has 1 heterocycles. The number of nitrogens with one attached hydrogen (secondary N) is 3. The van der Waals surface area contributed by atoms with Gasteiger partial charge >= 0.3 is 6.03 Å². The van der Waals surface area contributed by atoms with Gasteiger partial charge in [0.2, 0.25) is 0 Å². The lowest BCUT2D eigenvalue weighted by Crippen LogP contribution is -2.34. The molecule has 1 saturated carbocycles. The highest BCUT2D eigenvalue weighted by atomic mass is 16.6. The van der Waals surface area contributed by atoms with Crippen LogP contribution < -0.4 is 15.5 Å². The topological polar surface area (TPSA) is 159 Å². The fourth-order valence-electron chi connectivity index (χ4n) is 4.86. The van der Waals surface area contributed by atoms with Gasteiger partial charge in [-0.2, -0.15) is 5.21 Å². The average Bonchev–Trinajstić information content (AvgIpc) is 3.50. The fourth-order valence-corrected chi connectivity index (χ4v) is 4.86. The second-order valence-corrected chi connectivity index (χ2v) is 9.64. The van der Waals surface area contributed by atoms with Crippen molar-refractivity contribution in [2.45, 2.75) is 44.6 Å². The Morgan fingerprint density at radius 2 is 1.73 bits per heavy atom. The number of hydrogen-bond acceptors (Lipinski definition) is 7. The molecular weight excluding hydrogens is 512 g/mol. The fraction of sp³-hybridized carbons (Fsp3) is 0.250. The summed E-state index contributed by atoms with van der Waals surface area (Å²) in [5, 5.41) is 29.6. The van der Waals surface area contributed by atoms with E-state index in [9.17, 15) is 19.7 Å². The number of aromatic nitrogens is 4. The van der Waals surface area contributed by atoms with Gasteiger partial charge in [-0.1, -0.05) is 54.7 Å². The summed E-state index contributed by atoms with van der Waals surface area (Å²) >= 11 is 0. The number of nitro groups is 1. The Morgan fingerprint density at radius 3 is 2.40 bits per heavy atom. The minimum Gasteiger partial charge on any atom is -0.307 e. The number of H-pyrrole nitrogens is 1. The van der Waals surface area contributed by atoms with E-state index in [-0.39, 0.29) is 18.2 Å². The highest BCUT2D eigenvalue weighted by Gasteiger charge is 2.20. The van der Waals surface area contributed by atoms with Gasteiger partial charge in [0.25, 0.3) is 17.5 Å². The van der Waals surface area contributed by atoms with Crippen LogP contribution in [-0.2, 0) is 6.54 Å². The monoisotopic (exact) mass is 540 g/mol. The molecule has 3 N–H and O–H groups in total. The number of amides is 3. The van der Waals surface area contributed by atoms with Crippen LogP contribution in [-0.4, -0.2) is 37.5 Å². The Labute approximate surface area is 229 Å². The molecule has 3 amide bonds. The van der Waals surface area contributed by atoms with Crippen molar-refractivity contribution in [1.82, 2.24) is 20.6 Å². The average molecular weight is 541 g/mol. The van der Waals surface area contributed by atoms with Gasteiger partial charge in [-0.05, 0) is 65.4 Å². The number of carbonyl (C=O) groups is 2. The molecule has 0 aliphatic heterocycles. The number of non-ortho nitro benzene ring substituents is 1. The molecule has 4 aromatic rings. The van der Waals surface area contributed by atoms with Crippen molar-refractivity contribution in [3.63, 3.8) is 0 Å². The van der Waals surface area contributed by atoms with Gasteiger partial charge in [-0.3, -0.25) is 25.1 Å². The van der Waals surface area contributed by atoms with E-state index in [1.54, 1.807) is 35.2 Å². The molecule has 1 aliphatic carbocycles. The van der Waals surface area contributed by atoms with Crippen LogP contribution in [0.5, 0.6) is 0 Å². The number of tetrazole rings is 1. The van der Waals surface area contributed by atoms with E-state index in [0.29, 0.717) is 22.9 Å². The lowest BCUT2D eigenvalue weighted by Gasteiger charge is -2.25. The first-order valence-electron chi connectivity index (χ1n) is 13.0. The summed E-state index contributed by atoms with van der Waals surface area (Å²) < 4.78 is 0. The molecule has 3 aromatic carbocycles. The maximum absolute atomic E-state index is 13.5.